The van der Waals surface area contributed by atoms with Crippen LogP contribution in [0.4, 0.5) is 0 Å². The Hall–Kier alpha value is -2.48. The third-order valence-corrected chi connectivity index (χ3v) is 8.64. The van der Waals surface area contributed by atoms with E-state index in [0.717, 1.165) is 32.2 Å². The first-order chi connectivity index (χ1) is 15.6. The van der Waals surface area contributed by atoms with Gasteiger partial charge in [0.1, 0.15) is 11.5 Å². The van der Waals surface area contributed by atoms with Crippen molar-refractivity contribution in [2.24, 2.45) is 11.8 Å². The topological polar surface area (TPSA) is 16.4 Å². The summed E-state index contributed by atoms with van der Waals surface area (Å²) in [6.07, 6.45) is 28.2. The molecule has 1 aromatic rings. The Kier molecular flexibility index (Phi) is 4.75. The molecule has 3 aliphatic carbocycles. The summed E-state index contributed by atoms with van der Waals surface area (Å²) in [5.74, 6) is 3.98. The third kappa shape index (κ3) is 2.84. The van der Waals surface area contributed by atoms with E-state index in [9.17, 15) is 0 Å². The fourth-order valence-electron chi connectivity index (χ4n) is 6.91. The minimum absolute atomic E-state index is 0.0198. The van der Waals surface area contributed by atoms with Crippen molar-refractivity contribution in [3.63, 3.8) is 0 Å². The zero-order valence-corrected chi connectivity index (χ0v) is 19.7. The molecule has 3 atom stereocenters. The summed E-state index contributed by atoms with van der Waals surface area (Å²) >= 11 is 0. The van der Waals surface area contributed by atoms with Crippen LogP contribution in [0.5, 0.6) is 0 Å². The van der Waals surface area contributed by atoms with E-state index < -0.39 is 0 Å². The van der Waals surface area contributed by atoms with Gasteiger partial charge >= 0.3 is 0 Å². The molecule has 1 aromatic heterocycles. The Morgan fingerprint density at radius 2 is 2.03 bits per heavy atom. The molecule has 1 fully saturated rings. The molecule has 1 saturated heterocycles. The molecule has 2 heteroatoms. The van der Waals surface area contributed by atoms with Gasteiger partial charge in [0.25, 0.3) is 0 Å². The SMILES string of the molecule is CCC(CC)C1=CC2(C)C3c4oc5c(c4C=CC3CN2C=C1)C(C1=CC=CCC1)=CCC5. The average molecular weight is 426 g/mol. The van der Waals surface area contributed by atoms with E-state index in [2.05, 4.69) is 80.5 Å². The number of nitrogens with zero attached hydrogens (tertiary/aromatic N) is 1. The van der Waals surface area contributed by atoms with E-state index in [1.54, 1.807) is 0 Å². The highest BCUT2D eigenvalue weighted by atomic mass is 16.3. The Bertz CT molecular complexity index is 1120. The minimum Gasteiger partial charge on any atom is -0.464 e. The highest BCUT2D eigenvalue weighted by Crippen LogP contribution is 2.55. The maximum atomic E-state index is 6.81. The molecule has 3 unspecified atom stereocenters. The Labute approximate surface area is 192 Å². The van der Waals surface area contributed by atoms with Crippen LogP contribution < -0.4 is 0 Å². The fourth-order valence-corrected chi connectivity index (χ4v) is 6.91. The molecular formula is C30H35NO. The summed E-state index contributed by atoms with van der Waals surface area (Å²) in [5, 5.41) is 0. The number of fused-ring (bicyclic) bond motifs is 7. The molecule has 3 heterocycles. The standard InChI is InChI=1S/C30H35NO/c1-4-20(5-2)22-16-17-31-19-23-14-15-25-27-24(21-10-7-6-8-11-21)12-9-13-26(27)32-29(25)28(23)30(31,3)18-22/h6-7,10,12,14-18,20,23,28H,4-5,8-9,11,13,19H2,1-3H3. The molecule has 2 aliphatic heterocycles. The molecule has 0 spiro atoms. The predicted molar refractivity (Wildman–Crippen MR) is 133 cm³/mol. The van der Waals surface area contributed by atoms with Crippen molar-refractivity contribution in [1.82, 2.24) is 4.90 Å². The molecular weight excluding hydrogens is 390 g/mol. The number of rotatable bonds is 4. The van der Waals surface area contributed by atoms with Gasteiger partial charge in [-0.3, -0.25) is 0 Å². The van der Waals surface area contributed by atoms with E-state index in [1.807, 2.05) is 0 Å². The summed E-state index contributed by atoms with van der Waals surface area (Å²) in [6, 6.07) is 0. The second-order valence-electron chi connectivity index (χ2n) is 10.3. The Balaban J connectivity index is 1.45. The molecule has 2 nitrogen and oxygen atoms in total. The quantitative estimate of drug-likeness (QED) is 0.494. The summed E-state index contributed by atoms with van der Waals surface area (Å²) in [5.41, 5.74) is 7.15. The van der Waals surface area contributed by atoms with Gasteiger partial charge in [-0.1, -0.05) is 56.4 Å². The van der Waals surface area contributed by atoms with Crippen LogP contribution in [-0.4, -0.2) is 17.0 Å². The predicted octanol–water partition coefficient (Wildman–Crippen LogP) is 7.58. The maximum Gasteiger partial charge on any atom is 0.118 e. The van der Waals surface area contributed by atoms with E-state index in [1.165, 1.54) is 52.2 Å². The summed E-state index contributed by atoms with van der Waals surface area (Å²) in [7, 11) is 0. The van der Waals surface area contributed by atoms with E-state index >= 15 is 0 Å². The van der Waals surface area contributed by atoms with Crippen molar-refractivity contribution in [3.05, 3.63) is 82.5 Å². The average Bonchev–Trinajstić information content (AvgIpc) is 3.34. The largest absolute Gasteiger partial charge is 0.464 e. The molecule has 166 valence electrons. The lowest BCUT2D eigenvalue weighted by molar-refractivity contribution is 0.241. The van der Waals surface area contributed by atoms with Gasteiger partial charge < -0.3 is 9.32 Å². The lowest BCUT2D eigenvalue weighted by atomic mass is 9.72. The first-order valence-corrected chi connectivity index (χ1v) is 12.7. The van der Waals surface area contributed by atoms with Crippen LogP contribution in [0, 0.1) is 11.8 Å². The van der Waals surface area contributed by atoms with Crippen LogP contribution in [-0.2, 0) is 6.42 Å². The minimum atomic E-state index is -0.0198. The van der Waals surface area contributed by atoms with Gasteiger partial charge in [-0.2, -0.15) is 0 Å². The smallest absolute Gasteiger partial charge is 0.118 e. The molecule has 0 radical (unpaired) electrons. The number of hydrogen-bond donors (Lipinski definition) is 0. The van der Waals surface area contributed by atoms with Crippen LogP contribution in [0.2, 0.25) is 0 Å². The van der Waals surface area contributed by atoms with Gasteiger partial charge in [0.15, 0.2) is 0 Å². The first kappa shape index (κ1) is 20.1. The highest BCUT2D eigenvalue weighted by molar-refractivity contribution is 5.87. The van der Waals surface area contributed by atoms with E-state index in [0.29, 0.717) is 17.8 Å². The van der Waals surface area contributed by atoms with Crippen molar-refractivity contribution in [2.45, 2.75) is 70.8 Å². The lowest BCUT2D eigenvalue weighted by Gasteiger charge is -2.40. The zero-order chi connectivity index (χ0) is 21.9. The van der Waals surface area contributed by atoms with Gasteiger partial charge in [-0.25, -0.2) is 0 Å². The van der Waals surface area contributed by atoms with Crippen molar-refractivity contribution < 1.29 is 4.42 Å². The highest BCUT2D eigenvalue weighted by Gasteiger charge is 2.53. The van der Waals surface area contributed by atoms with Crippen molar-refractivity contribution in [1.29, 1.82) is 0 Å². The zero-order valence-electron chi connectivity index (χ0n) is 19.7. The fraction of sp³-hybridized carbons (Fsp3) is 0.467. The van der Waals surface area contributed by atoms with Gasteiger partial charge in [0, 0.05) is 36.2 Å². The maximum absolute atomic E-state index is 6.81. The molecule has 5 aliphatic rings. The van der Waals surface area contributed by atoms with Gasteiger partial charge in [-0.15, -0.1) is 0 Å². The second kappa shape index (κ2) is 7.54. The van der Waals surface area contributed by atoms with Crippen LogP contribution >= 0.6 is 0 Å². The molecule has 0 bridgehead atoms. The lowest BCUT2D eigenvalue weighted by Crippen LogP contribution is -2.42. The normalized spacial score (nSPS) is 29.9. The van der Waals surface area contributed by atoms with Crippen LogP contribution in [0.3, 0.4) is 0 Å². The molecule has 6 rings (SSSR count). The monoisotopic (exact) mass is 425 g/mol. The van der Waals surface area contributed by atoms with Crippen LogP contribution in [0.1, 0.15) is 81.4 Å². The first-order valence-electron chi connectivity index (χ1n) is 12.7. The van der Waals surface area contributed by atoms with E-state index in [-0.39, 0.29) is 5.54 Å². The second-order valence-corrected chi connectivity index (χ2v) is 10.3. The summed E-state index contributed by atoms with van der Waals surface area (Å²) in [6.45, 7) is 8.16. The molecule has 0 amide bonds. The van der Waals surface area contributed by atoms with Gasteiger partial charge in [0.05, 0.1) is 11.5 Å². The molecule has 0 aromatic carbocycles. The molecule has 0 N–H and O–H groups in total. The van der Waals surface area contributed by atoms with Crippen molar-refractivity contribution in [2.75, 3.05) is 6.54 Å². The molecule has 32 heavy (non-hydrogen) atoms. The van der Waals surface area contributed by atoms with Crippen molar-refractivity contribution >= 4 is 11.6 Å². The van der Waals surface area contributed by atoms with Gasteiger partial charge in [-0.05, 0) is 67.7 Å². The van der Waals surface area contributed by atoms with E-state index in [4.69, 9.17) is 4.42 Å². The van der Waals surface area contributed by atoms with Crippen LogP contribution in [0.25, 0.3) is 11.6 Å². The number of allylic oxidation sites excluding steroid dienone is 8. The third-order valence-electron chi connectivity index (χ3n) is 8.64. The number of furan rings is 1. The number of hydrogen-bond acceptors (Lipinski definition) is 2. The van der Waals surface area contributed by atoms with Crippen LogP contribution in [0.15, 0.2) is 64.3 Å². The molecule has 0 saturated carbocycles. The Morgan fingerprint density at radius 3 is 2.81 bits per heavy atom. The Morgan fingerprint density at radius 1 is 1.16 bits per heavy atom. The summed E-state index contributed by atoms with van der Waals surface area (Å²) in [4.78, 5) is 2.57. The van der Waals surface area contributed by atoms with Gasteiger partial charge in [0.2, 0.25) is 0 Å². The number of aryl methyl sites for hydroxylation is 1. The van der Waals surface area contributed by atoms with Crippen molar-refractivity contribution in [3.8, 4) is 0 Å². The summed E-state index contributed by atoms with van der Waals surface area (Å²) < 4.78 is 6.81.